The predicted octanol–water partition coefficient (Wildman–Crippen LogP) is 6.01. The number of nitrogens with one attached hydrogen (secondary N) is 4. The van der Waals surface area contributed by atoms with Crippen LogP contribution in [0.4, 0.5) is 4.79 Å². The second kappa shape index (κ2) is 12.7. The van der Waals surface area contributed by atoms with Gasteiger partial charge in [-0.2, -0.15) is 0 Å². The van der Waals surface area contributed by atoms with Crippen LogP contribution in [0.15, 0.2) is 48.5 Å². The quantitative estimate of drug-likeness (QED) is 0.166. The van der Waals surface area contributed by atoms with Gasteiger partial charge in [-0.15, -0.1) is 0 Å². The molecule has 0 bridgehead atoms. The molecule has 3 saturated heterocycles. The Labute approximate surface area is 296 Å². The second-order valence-corrected chi connectivity index (χ2v) is 14.8. The lowest BCUT2D eigenvalue weighted by Crippen LogP contribution is -2.46. The van der Waals surface area contributed by atoms with Gasteiger partial charge in [0.25, 0.3) is 0 Å². The number of amides is 2. The van der Waals surface area contributed by atoms with E-state index in [9.17, 15) is 9.59 Å². The van der Waals surface area contributed by atoms with E-state index in [4.69, 9.17) is 19.4 Å². The van der Waals surface area contributed by atoms with Gasteiger partial charge >= 0.3 is 6.09 Å². The number of aromatic nitrogens is 4. The van der Waals surface area contributed by atoms with Crippen molar-refractivity contribution in [2.24, 2.45) is 11.3 Å². The molecule has 2 aromatic heterocycles. The molecule has 9 rings (SSSR count). The number of methoxy groups -OCH3 is 1. The number of likely N-dealkylation sites (tertiary alicyclic amines) is 1. The van der Waals surface area contributed by atoms with Gasteiger partial charge in [0.05, 0.1) is 46.7 Å². The van der Waals surface area contributed by atoms with Crippen LogP contribution in [0.1, 0.15) is 86.7 Å². The molecular weight excluding hydrogens is 642 g/mol. The van der Waals surface area contributed by atoms with Gasteiger partial charge in [-0.05, 0) is 99.6 Å². The monoisotopic (exact) mass is 685 g/mol. The van der Waals surface area contributed by atoms with Gasteiger partial charge in [-0.3, -0.25) is 4.79 Å². The fourth-order valence-electron chi connectivity index (χ4n) is 8.91. The van der Waals surface area contributed by atoms with Gasteiger partial charge in [-0.25, -0.2) is 14.8 Å². The van der Waals surface area contributed by atoms with Crippen LogP contribution in [0.2, 0.25) is 0 Å². The smallest absolute Gasteiger partial charge is 0.407 e. The predicted molar refractivity (Wildman–Crippen MR) is 194 cm³/mol. The molecule has 262 valence electrons. The van der Waals surface area contributed by atoms with Gasteiger partial charge in [-0.1, -0.05) is 24.0 Å². The third-order valence-corrected chi connectivity index (χ3v) is 11.7. The molecule has 3 aliphatic heterocycles. The van der Waals surface area contributed by atoms with Crippen molar-refractivity contribution in [1.82, 2.24) is 35.5 Å². The van der Waals surface area contributed by atoms with E-state index in [1.165, 1.54) is 7.11 Å². The van der Waals surface area contributed by atoms with Crippen molar-refractivity contribution in [3.8, 4) is 11.8 Å². The van der Waals surface area contributed by atoms with Crippen LogP contribution in [0.25, 0.3) is 32.8 Å². The molecule has 4 N–H and O–H groups in total. The average Bonchev–Trinajstić information content (AvgIpc) is 3.71. The molecule has 2 amide bonds. The Hall–Kier alpha value is -4.92. The molecule has 4 aliphatic rings. The van der Waals surface area contributed by atoms with Crippen molar-refractivity contribution in [1.29, 1.82) is 0 Å². The van der Waals surface area contributed by atoms with E-state index in [0.29, 0.717) is 32.2 Å². The highest BCUT2D eigenvalue weighted by Crippen LogP contribution is 2.57. The topological polar surface area (TPSA) is 137 Å². The zero-order valence-electron chi connectivity index (χ0n) is 29.1. The summed E-state index contributed by atoms with van der Waals surface area (Å²) in [5, 5.41) is 8.65. The molecule has 51 heavy (non-hydrogen) atoms. The van der Waals surface area contributed by atoms with Gasteiger partial charge < -0.3 is 35.0 Å². The lowest BCUT2D eigenvalue weighted by Gasteiger charge is -2.35. The highest BCUT2D eigenvalue weighted by atomic mass is 16.5. The third kappa shape index (κ3) is 5.71. The Kier molecular flexibility index (Phi) is 7.97. The molecule has 0 radical (unpaired) electrons. The van der Waals surface area contributed by atoms with Crippen LogP contribution >= 0.6 is 0 Å². The first kappa shape index (κ1) is 32.0. The van der Waals surface area contributed by atoms with E-state index >= 15 is 0 Å². The largest absolute Gasteiger partial charge is 0.453 e. The summed E-state index contributed by atoms with van der Waals surface area (Å²) in [6.45, 7) is 4.16. The molecule has 5 heterocycles. The van der Waals surface area contributed by atoms with Crippen LogP contribution < -0.4 is 10.6 Å². The summed E-state index contributed by atoms with van der Waals surface area (Å²) < 4.78 is 10.5. The number of H-pyrrole nitrogens is 2. The summed E-state index contributed by atoms with van der Waals surface area (Å²) in [4.78, 5) is 45.7. The summed E-state index contributed by atoms with van der Waals surface area (Å²) >= 11 is 0. The van der Waals surface area contributed by atoms with Crippen molar-refractivity contribution >= 4 is 44.8 Å². The Morgan fingerprint density at radius 2 is 1.75 bits per heavy atom. The Bertz CT molecular complexity index is 2230. The fourth-order valence-corrected chi connectivity index (χ4v) is 8.91. The number of hydrogen-bond acceptors (Lipinski definition) is 7. The van der Waals surface area contributed by atoms with E-state index in [1.807, 2.05) is 23.1 Å². The average molecular weight is 686 g/mol. The van der Waals surface area contributed by atoms with Crippen LogP contribution in [-0.4, -0.2) is 75.8 Å². The van der Waals surface area contributed by atoms with E-state index in [1.54, 1.807) is 0 Å². The molecular formula is C40H43N7O4. The SMILES string of the molecule is COC(=O)N[C@@H]1C[C@]1(C(=O)N1CCC[C@H]1c1nc2c(ccc3cc(C#Cc4ccc5nc([C@@H]6CC[C@H](C)N6)[nH]c5c4)ccc32)[nH]1)C1CCOCC1. The van der Waals surface area contributed by atoms with Crippen LogP contribution in [0.3, 0.4) is 0 Å². The van der Waals surface area contributed by atoms with Crippen molar-refractivity contribution in [2.75, 3.05) is 26.9 Å². The number of carbonyl (C=O) groups excluding carboxylic acids is 2. The van der Waals surface area contributed by atoms with Crippen molar-refractivity contribution in [3.63, 3.8) is 0 Å². The first-order valence-electron chi connectivity index (χ1n) is 18.3. The number of rotatable bonds is 5. The van der Waals surface area contributed by atoms with Crippen molar-refractivity contribution in [2.45, 2.75) is 76.0 Å². The minimum Gasteiger partial charge on any atom is -0.453 e. The Morgan fingerprint density at radius 1 is 0.941 bits per heavy atom. The summed E-state index contributed by atoms with van der Waals surface area (Å²) in [6, 6.07) is 17.0. The molecule has 5 atom stereocenters. The normalized spacial score (nSPS) is 26.4. The van der Waals surface area contributed by atoms with E-state index < -0.39 is 11.5 Å². The van der Waals surface area contributed by atoms with Gasteiger partial charge in [0.1, 0.15) is 11.6 Å². The van der Waals surface area contributed by atoms with Gasteiger partial charge in [0, 0.05) is 48.4 Å². The van der Waals surface area contributed by atoms with Gasteiger partial charge in [0.15, 0.2) is 0 Å². The first-order valence-corrected chi connectivity index (χ1v) is 18.3. The molecule has 1 saturated carbocycles. The number of aromatic amines is 2. The number of hydrogen-bond donors (Lipinski definition) is 4. The number of ether oxygens (including phenoxy) is 2. The van der Waals surface area contributed by atoms with Crippen LogP contribution in [0.5, 0.6) is 0 Å². The van der Waals surface area contributed by atoms with Crippen LogP contribution in [-0.2, 0) is 14.3 Å². The minimum atomic E-state index is -0.629. The minimum absolute atomic E-state index is 0.111. The molecule has 11 heteroatoms. The maximum Gasteiger partial charge on any atom is 0.407 e. The number of alkyl carbamates (subject to hydrolysis) is 1. The third-order valence-electron chi connectivity index (χ3n) is 11.7. The molecule has 11 nitrogen and oxygen atoms in total. The zero-order chi connectivity index (χ0) is 34.7. The fraction of sp³-hybridized carbons (Fsp3) is 0.450. The lowest BCUT2D eigenvalue weighted by molar-refractivity contribution is -0.142. The summed E-state index contributed by atoms with van der Waals surface area (Å²) in [7, 11) is 1.36. The van der Waals surface area contributed by atoms with Crippen LogP contribution in [0, 0.1) is 23.2 Å². The number of nitrogens with zero attached hydrogens (tertiary/aromatic N) is 3. The number of imidazole rings is 2. The van der Waals surface area contributed by atoms with Crippen molar-refractivity contribution in [3.05, 3.63) is 71.3 Å². The number of carbonyl (C=O) groups is 2. The lowest BCUT2D eigenvalue weighted by atomic mass is 9.81. The second-order valence-electron chi connectivity index (χ2n) is 14.8. The molecule has 0 spiro atoms. The molecule has 0 unspecified atom stereocenters. The zero-order valence-corrected chi connectivity index (χ0v) is 29.1. The van der Waals surface area contributed by atoms with E-state index in [2.05, 4.69) is 69.7 Å². The standard InChI is InChI=1S/C40H43N7O4/c1-23-5-12-31(41-23)36-42-29-13-9-25(21-32(29)44-36)7-6-24-8-11-28-26(20-24)10-14-30-35(28)46-37(43-30)33-4-3-17-47(33)38(48)40(27-15-18-51-19-16-27)22-34(40)45-39(49)50-2/h8-11,13-14,20-21,23,27,31,33-34,41H,3-5,12,15-19,22H2,1-2H3,(H,42,44)(H,43,46)(H,45,49)/t23-,31-,33-,34+,40-/m0/s1. The highest BCUT2D eigenvalue weighted by Gasteiger charge is 2.66. The van der Waals surface area contributed by atoms with E-state index in [-0.39, 0.29) is 30.0 Å². The summed E-state index contributed by atoms with van der Waals surface area (Å²) in [5.41, 5.74) is 5.04. The van der Waals surface area contributed by atoms with E-state index in [0.717, 1.165) is 94.1 Å². The maximum absolute atomic E-state index is 14.5. The Balaban J connectivity index is 0.959. The van der Waals surface area contributed by atoms with Gasteiger partial charge in [0.2, 0.25) is 5.91 Å². The van der Waals surface area contributed by atoms with Crippen molar-refractivity contribution < 1.29 is 19.1 Å². The highest BCUT2D eigenvalue weighted by molar-refractivity contribution is 6.04. The molecule has 1 aliphatic carbocycles. The maximum atomic E-state index is 14.5. The number of fused-ring (bicyclic) bond motifs is 4. The first-order chi connectivity index (χ1) is 24.9. The number of benzene rings is 3. The summed E-state index contributed by atoms with van der Waals surface area (Å²) in [6.07, 6.45) is 5.75. The summed E-state index contributed by atoms with van der Waals surface area (Å²) in [5.74, 6) is 8.77. The molecule has 5 aromatic rings. The Morgan fingerprint density at radius 3 is 2.55 bits per heavy atom. The molecule has 3 aromatic carbocycles. The molecule has 4 fully saturated rings.